The summed E-state index contributed by atoms with van der Waals surface area (Å²) in [6.45, 7) is 3.80. The summed E-state index contributed by atoms with van der Waals surface area (Å²) in [5.74, 6) is -0.839. The highest BCUT2D eigenvalue weighted by molar-refractivity contribution is 7.11. The van der Waals surface area contributed by atoms with Gasteiger partial charge in [0.15, 0.2) is 22.5 Å². The van der Waals surface area contributed by atoms with Crippen molar-refractivity contribution in [3.8, 4) is 6.07 Å². The molecule has 1 aromatic heterocycles. The monoisotopic (exact) mass is 332 g/mol. The zero-order valence-corrected chi connectivity index (χ0v) is 13.4. The molecule has 118 valence electrons. The molecular weight excluding hydrogens is 318 g/mol. The molecule has 1 N–H and O–H groups in total. The number of aromatic nitrogens is 1. The quantitative estimate of drug-likeness (QED) is 0.867. The predicted molar refractivity (Wildman–Crippen MR) is 85.9 cm³/mol. The molecule has 1 aromatic carbocycles. The highest BCUT2D eigenvalue weighted by atomic mass is 32.1. The molecule has 0 bridgehead atoms. The summed E-state index contributed by atoms with van der Waals surface area (Å²) in [4.78, 5) is 8.58. The van der Waals surface area contributed by atoms with Crippen LogP contribution in [0.15, 0.2) is 52.1 Å². The Morgan fingerprint density at radius 1 is 1.26 bits per heavy atom. The van der Waals surface area contributed by atoms with Gasteiger partial charge in [0.05, 0.1) is 17.7 Å². The molecule has 1 atom stereocenters. The molecule has 4 nitrogen and oxygen atoms in total. The van der Waals surface area contributed by atoms with Crippen LogP contribution < -0.4 is 5.32 Å². The number of nitriles is 1. The minimum atomic E-state index is -0.799. The van der Waals surface area contributed by atoms with Crippen molar-refractivity contribution in [3.63, 3.8) is 0 Å². The smallest absolute Gasteiger partial charge is 0.162 e. The molecule has 7 heteroatoms. The van der Waals surface area contributed by atoms with E-state index in [2.05, 4.69) is 21.4 Å². The summed E-state index contributed by atoms with van der Waals surface area (Å²) in [6, 6.07) is 7.12. The van der Waals surface area contributed by atoms with Crippen LogP contribution in [0.2, 0.25) is 0 Å². The number of rotatable bonds is 1. The maximum atomic E-state index is 11.9. The molecule has 0 spiro atoms. The van der Waals surface area contributed by atoms with E-state index in [0.717, 1.165) is 28.7 Å². The normalized spacial score (nSPS) is 16.7. The second kappa shape index (κ2) is 7.61. The molecule has 1 aliphatic rings. The number of nitrogens with zero attached hydrogens (tertiary/aromatic N) is 3. The van der Waals surface area contributed by atoms with E-state index < -0.39 is 11.6 Å². The van der Waals surface area contributed by atoms with Gasteiger partial charge in [-0.3, -0.25) is 4.99 Å². The number of nitrogens with one attached hydrogen (secondary N) is 1. The lowest BCUT2D eigenvalue weighted by Crippen LogP contribution is -2.31. The number of thiazole rings is 1. The molecule has 23 heavy (non-hydrogen) atoms. The van der Waals surface area contributed by atoms with Gasteiger partial charge in [-0.05, 0) is 26.0 Å². The second-order valence-corrected chi connectivity index (χ2v) is 5.58. The van der Waals surface area contributed by atoms with E-state index in [4.69, 9.17) is 5.26 Å². The molecule has 3 rings (SSSR count). The molecule has 2 heterocycles. The number of benzene rings is 1. The maximum Gasteiger partial charge on any atom is 0.162 e. The standard InChI is InChI=1S/C10H10N4S.C6H4F2/c1-6-8(5-11)7(2)14-9(13-6)10-12-3-4-15-10;7-5-3-1-2-4-6(5)8/h3-4,6H,1-2H3,(H,13,14);1-4H. The van der Waals surface area contributed by atoms with Gasteiger partial charge in [-0.25, -0.2) is 13.8 Å². The second-order valence-electron chi connectivity index (χ2n) is 4.68. The molecule has 0 amide bonds. The highest BCUT2D eigenvalue weighted by Gasteiger charge is 2.20. The predicted octanol–water partition coefficient (Wildman–Crippen LogP) is 3.64. The first-order valence-electron chi connectivity index (χ1n) is 6.78. The molecule has 0 fully saturated rings. The molecule has 2 aromatic rings. The van der Waals surface area contributed by atoms with Gasteiger partial charge >= 0.3 is 0 Å². The van der Waals surface area contributed by atoms with Crippen molar-refractivity contribution in [1.82, 2.24) is 10.3 Å². The lowest BCUT2D eigenvalue weighted by Gasteiger charge is -2.19. The Labute approximate surface area is 136 Å². The molecule has 1 aliphatic heterocycles. The Morgan fingerprint density at radius 2 is 1.91 bits per heavy atom. The van der Waals surface area contributed by atoms with E-state index >= 15 is 0 Å². The van der Waals surface area contributed by atoms with Gasteiger partial charge in [-0.1, -0.05) is 12.1 Å². The molecular formula is C16H14F2N4S. The number of amidine groups is 1. The first-order valence-corrected chi connectivity index (χ1v) is 7.66. The Morgan fingerprint density at radius 3 is 2.35 bits per heavy atom. The van der Waals surface area contributed by atoms with E-state index in [0.29, 0.717) is 5.57 Å². The van der Waals surface area contributed by atoms with E-state index in [1.165, 1.54) is 23.5 Å². The van der Waals surface area contributed by atoms with E-state index in [-0.39, 0.29) is 6.04 Å². The van der Waals surface area contributed by atoms with Crippen molar-refractivity contribution in [2.75, 3.05) is 0 Å². The Hall–Kier alpha value is -2.59. The van der Waals surface area contributed by atoms with Crippen LogP contribution in [0, 0.1) is 23.0 Å². The minimum Gasteiger partial charge on any atom is -0.341 e. The zero-order valence-electron chi connectivity index (χ0n) is 12.5. The van der Waals surface area contributed by atoms with Crippen LogP contribution >= 0.6 is 11.3 Å². The fourth-order valence-corrected chi connectivity index (χ4v) is 2.50. The molecule has 0 saturated carbocycles. The number of allylic oxidation sites excluding steroid dienone is 1. The van der Waals surface area contributed by atoms with E-state index in [1.54, 1.807) is 6.20 Å². The highest BCUT2D eigenvalue weighted by Crippen LogP contribution is 2.17. The van der Waals surface area contributed by atoms with E-state index in [9.17, 15) is 8.78 Å². The van der Waals surface area contributed by atoms with Gasteiger partial charge in [0.1, 0.15) is 0 Å². The van der Waals surface area contributed by atoms with Crippen LogP contribution in [-0.4, -0.2) is 16.9 Å². The maximum absolute atomic E-state index is 11.9. The molecule has 0 saturated heterocycles. The SMILES string of the molecule is CC1=C(C#N)C(C)N=C(c2nccs2)N1.Fc1ccccc1F. The van der Waals surface area contributed by atoms with Gasteiger partial charge < -0.3 is 5.32 Å². The fraction of sp³-hybridized carbons (Fsp3) is 0.188. The van der Waals surface area contributed by atoms with Crippen LogP contribution in [-0.2, 0) is 0 Å². The molecule has 0 aliphatic carbocycles. The van der Waals surface area contributed by atoms with Gasteiger partial charge in [-0.15, -0.1) is 11.3 Å². The first kappa shape index (κ1) is 16.8. The van der Waals surface area contributed by atoms with Gasteiger partial charge in [-0.2, -0.15) is 5.26 Å². The van der Waals surface area contributed by atoms with Crippen LogP contribution in [0.1, 0.15) is 18.9 Å². The van der Waals surface area contributed by atoms with Crippen LogP contribution in [0.25, 0.3) is 0 Å². The lowest BCUT2D eigenvalue weighted by molar-refractivity contribution is 0.508. The zero-order chi connectivity index (χ0) is 16.8. The minimum absolute atomic E-state index is 0.0878. The number of halogens is 2. The summed E-state index contributed by atoms with van der Waals surface area (Å²) in [7, 11) is 0. The van der Waals surface area contributed by atoms with Crippen LogP contribution in [0.3, 0.4) is 0 Å². The number of hydrogen-bond acceptors (Lipinski definition) is 5. The topological polar surface area (TPSA) is 61.1 Å². The third-order valence-corrected chi connectivity index (χ3v) is 3.81. The third-order valence-electron chi connectivity index (χ3n) is 3.03. The van der Waals surface area contributed by atoms with Crippen molar-refractivity contribution in [2.45, 2.75) is 19.9 Å². The summed E-state index contributed by atoms with van der Waals surface area (Å²) < 4.78 is 23.9. The van der Waals surface area contributed by atoms with Crippen LogP contribution in [0.5, 0.6) is 0 Å². The summed E-state index contributed by atoms with van der Waals surface area (Å²) in [6.07, 6.45) is 1.74. The van der Waals surface area contributed by atoms with Gasteiger partial charge in [0, 0.05) is 17.3 Å². The largest absolute Gasteiger partial charge is 0.341 e. The number of hydrogen-bond donors (Lipinski definition) is 1. The van der Waals surface area contributed by atoms with Crippen LogP contribution in [0.4, 0.5) is 8.78 Å². The van der Waals surface area contributed by atoms with Gasteiger partial charge in [0.2, 0.25) is 0 Å². The molecule has 1 unspecified atom stereocenters. The van der Waals surface area contributed by atoms with Crippen molar-refractivity contribution in [2.24, 2.45) is 4.99 Å². The average Bonchev–Trinajstić information content (AvgIpc) is 3.05. The lowest BCUT2D eigenvalue weighted by atomic mass is 10.1. The van der Waals surface area contributed by atoms with Gasteiger partial charge in [0.25, 0.3) is 0 Å². The number of aliphatic imine (C=N–C) groups is 1. The van der Waals surface area contributed by atoms with E-state index in [1.807, 2.05) is 19.2 Å². The summed E-state index contributed by atoms with van der Waals surface area (Å²) in [5, 5.41) is 14.8. The Balaban J connectivity index is 0.000000203. The Kier molecular flexibility index (Phi) is 5.55. The summed E-state index contributed by atoms with van der Waals surface area (Å²) in [5.41, 5.74) is 1.56. The van der Waals surface area contributed by atoms with Crippen molar-refractivity contribution < 1.29 is 8.78 Å². The fourth-order valence-electron chi connectivity index (χ4n) is 1.91. The average molecular weight is 332 g/mol. The third kappa shape index (κ3) is 4.20. The summed E-state index contributed by atoms with van der Waals surface area (Å²) >= 11 is 1.53. The van der Waals surface area contributed by atoms with Crippen molar-refractivity contribution in [1.29, 1.82) is 5.26 Å². The van der Waals surface area contributed by atoms with Crippen molar-refractivity contribution >= 4 is 17.2 Å². The van der Waals surface area contributed by atoms with Crippen molar-refractivity contribution in [3.05, 3.63) is 63.8 Å². The first-order chi connectivity index (χ1) is 11.0. The molecule has 0 radical (unpaired) electrons. The Bertz CT molecular complexity index is 755.